The van der Waals surface area contributed by atoms with E-state index in [4.69, 9.17) is 8.83 Å². The highest BCUT2D eigenvalue weighted by Crippen LogP contribution is 2.31. The molecule has 2 heteroatoms. The molecule has 0 atom stereocenters. The molecule has 0 radical (unpaired) electrons. The van der Waals surface area contributed by atoms with Crippen LogP contribution in [0.3, 0.4) is 0 Å². The van der Waals surface area contributed by atoms with E-state index in [2.05, 4.69) is 133 Å². The zero-order valence-corrected chi connectivity index (χ0v) is 25.3. The van der Waals surface area contributed by atoms with Crippen LogP contribution in [0.15, 0.2) is 179 Å². The van der Waals surface area contributed by atoms with Crippen LogP contribution >= 0.6 is 0 Å². The highest BCUT2D eigenvalue weighted by atomic mass is 16.3. The molecule has 0 spiro atoms. The van der Waals surface area contributed by atoms with Crippen molar-refractivity contribution in [3.8, 4) is 44.9 Å². The van der Waals surface area contributed by atoms with Gasteiger partial charge in [-0.1, -0.05) is 121 Å². The van der Waals surface area contributed by atoms with E-state index < -0.39 is 0 Å². The molecule has 0 saturated carbocycles. The van der Waals surface area contributed by atoms with Gasteiger partial charge in [0.1, 0.15) is 0 Å². The zero-order valence-electron chi connectivity index (χ0n) is 25.3. The lowest BCUT2D eigenvalue weighted by Gasteiger charge is -2.01. The minimum absolute atomic E-state index is 0.790. The molecule has 0 N–H and O–H groups in total. The first kappa shape index (κ1) is 28.6. The number of benzene rings is 5. The Morgan fingerprint density at radius 3 is 0.957 bits per heavy atom. The fraction of sp³-hybridized carbons (Fsp3) is 0. The maximum atomic E-state index is 6.33. The fourth-order valence-corrected chi connectivity index (χ4v) is 5.37. The summed E-state index contributed by atoms with van der Waals surface area (Å²) in [7, 11) is 0. The molecule has 2 heterocycles. The predicted molar refractivity (Wildman–Crippen MR) is 192 cm³/mol. The first-order valence-corrected chi connectivity index (χ1v) is 15.4. The van der Waals surface area contributed by atoms with E-state index >= 15 is 0 Å². The molecular weight excluding hydrogens is 560 g/mol. The third-order valence-corrected chi connectivity index (χ3v) is 7.77. The van der Waals surface area contributed by atoms with Crippen molar-refractivity contribution in [3.63, 3.8) is 0 Å². The summed E-state index contributed by atoms with van der Waals surface area (Å²) >= 11 is 0. The largest absolute Gasteiger partial charge is 0.361 e. The minimum atomic E-state index is 0.790. The van der Waals surface area contributed by atoms with Crippen molar-refractivity contribution >= 4 is 24.3 Å². The Balaban J connectivity index is 1.14. The van der Waals surface area contributed by atoms with Crippen LogP contribution in [-0.2, 0) is 0 Å². The van der Waals surface area contributed by atoms with Gasteiger partial charge in [-0.2, -0.15) is 0 Å². The van der Waals surface area contributed by atoms with Crippen molar-refractivity contribution in [2.45, 2.75) is 0 Å². The maximum absolute atomic E-state index is 6.33. The quantitative estimate of drug-likeness (QED) is 0.164. The minimum Gasteiger partial charge on any atom is -0.207 e. The van der Waals surface area contributed by atoms with Crippen LogP contribution in [0.4, 0.5) is 0 Å². The molecule has 46 heavy (non-hydrogen) atoms. The van der Waals surface area contributed by atoms with Crippen molar-refractivity contribution < 1.29 is 8.83 Å². The molecule has 218 valence electrons. The maximum Gasteiger partial charge on any atom is 0.361 e. The summed E-state index contributed by atoms with van der Waals surface area (Å²) < 4.78 is 12.7. The van der Waals surface area contributed by atoms with Crippen LogP contribution < -0.4 is 0 Å². The summed E-state index contributed by atoms with van der Waals surface area (Å²) in [6, 6.07) is 58.1. The summed E-state index contributed by atoms with van der Waals surface area (Å²) in [6.45, 7) is 0. The van der Waals surface area contributed by atoms with Gasteiger partial charge in [0.25, 0.3) is 0 Å². The molecule has 5 aromatic carbocycles. The van der Waals surface area contributed by atoms with E-state index in [0.29, 0.717) is 0 Å². The lowest BCUT2D eigenvalue weighted by Crippen LogP contribution is -1.85. The average molecular weight is 593 g/mol. The summed E-state index contributed by atoms with van der Waals surface area (Å²) in [5.74, 6) is 3.25. The van der Waals surface area contributed by atoms with Crippen molar-refractivity contribution in [1.82, 2.24) is 0 Å². The molecule has 0 aliphatic heterocycles. The number of hydrogen-bond acceptors (Lipinski definition) is 0. The SMILES string of the molecule is C(=Cc1cc(-c2ccccc2)cc(-c2ccccc2)[o+]1)c1ccc(C=Cc2cc(-c3ccccc3)cc(-c3ccccc3)[o+]2)cc1. The van der Waals surface area contributed by atoms with Crippen molar-refractivity contribution in [1.29, 1.82) is 0 Å². The number of rotatable bonds is 8. The topological polar surface area (TPSA) is 22.6 Å². The Hall–Kier alpha value is -6.12. The molecular formula is C44H32O2+2. The molecule has 7 rings (SSSR count). The lowest BCUT2D eigenvalue weighted by molar-refractivity contribution is 0.556. The zero-order chi connectivity index (χ0) is 31.0. The molecule has 7 aromatic rings. The lowest BCUT2D eigenvalue weighted by atomic mass is 10.0. The van der Waals surface area contributed by atoms with Crippen molar-refractivity contribution in [3.05, 3.63) is 193 Å². The Labute approximate surface area is 269 Å². The van der Waals surface area contributed by atoms with Gasteiger partial charge in [0.2, 0.25) is 0 Å². The molecule has 0 aliphatic rings. The third kappa shape index (κ3) is 6.99. The predicted octanol–water partition coefficient (Wildman–Crippen LogP) is 12.4. The molecule has 0 bridgehead atoms. The van der Waals surface area contributed by atoms with Crippen LogP contribution in [0.2, 0.25) is 0 Å². The molecule has 0 unspecified atom stereocenters. The first-order chi connectivity index (χ1) is 22.8. The van der Waals surface area contributed by atoms with E-state index in [1.807, 2.05) is 60.7 Å². The monoisotopic (exact) mass is 592 g/mol. The van der Waals surface area contributed by atoms with Gasteiger partial charge in [0.05, 0.1) is 35.4 Å². The van der Waals surface area contributed by atoms with Gasteiger partial charge < -0.3 is 0 Å². The van der Waals surface area contributed by atoms with Gasteiger partial charge in [0.15, 0.2) is 0 Å². The van der Waals surface area contributed by atoms with Gasteiger partial charge in [-0.25, -0.2) is 8.83 Å². The van der Waals surface area contributed by atoms with Crippen molar-refractivity contribution in [2.75, 3.05) is 0 Å². The van der Waals surface area contributed by atoms with Gasteiger partial charge in [-0.3, -0.25) is 0 Å². The Morgan fingerprint density at radius 2 is 0.609 bits per heavy atom. The molecule has 2 nitrogen and oxygen atoms in total. The Kier molecular flexibility index (Phi) is 8.51. The van der Waals surface area contributed by atoms with E-state index in [1.165, 1.54) is 0 Å². The van der Waals surface area contributed by atoms with Gasteiger partial charge in [0, 0.05) is 23.3 Å². The molecule has 2 aromatic heterocycles. The van der Waals surface area contributed by atoms with Crippen LogP contribution in [0, 0.1) is 0 Å². The molecule has 0 saturated heterocycles. The van der Waals surface area contributed by atoms with Crippen LogP contribution in [0.5, 0.6) is 0 Å². The summed E-state index contributed by atoms with van der Waals surface area (Å²) in [5, 5.41) is 0. The highest BCUT2D eigenvalue weighted by Gasteiger charge is 2.18. The highest BCUT2D eigenvalue weighted by molar-refractivity contribution is 5.77. The second-order valence-electron chi connectivity index (χ2n) is 11.0. The average Bonchev–Trinajstić information content (AvgIpc) is 3.15. The standard InChI is InChI=1S/C44H32O2/c1-5-13-35(14-6-1)39-29-41(45-43(31-39)37-17-9-3-10-18-37)27-25-33-21-23-34(24-22-33)26-28-42-30-40(36-15-7-2-8-16-36)32-44(46-42)38-19-11-4-12-20-38/h1-32H/q+2. The Morgan fingerprint density at radius 1 is 0.283 bits per heavy atom. The summed E-state index contributed by atoms with van der Waals surface area (Å²) in [4.78, 5) is 0. The molecule has 0 fully saturated rings. The fourth-order valence-electron chi connectivity index (χ4n) is 5.37. The number of hydrogen-bond donors (Lipinski definition) is 0. The smallest absolute Gasteiger partial charge is 0.207 e. The van der Waals surface area contributed by atoms with E-state index in [1.54, 1.807) is 0 Å². The molecule has 0 amide bonds. The second kappa shape index (κ2) is 13.7. The van der Waals surface area contributed by atoms with E-state index in [0.717, 1.165) is 67.5 Å². The summed E-state index contributed by atoms with van der Waals surface area (Å²) in [5.41, 5.74) is 8.79. The summed E-state index contributed by atoms with van der Waals surface area (Å²) in [6.07, 6.45) is 8.23. The van der Waals surface area contributed by atoms with Crippen molar-refractivity contribution in [2.24, 2.45) is 0 Å². The van der Waals surface area contributed by atoms with Crippen LogP contribution in [-0.4, -0.2) is 0 Å². The van der Waals surface area contributed by atoms with E-state index in [9.17, 15) is 0 Å². The third-order valence-electron chi connectivity index (χ3n) is 7.77. The van der Waals surface area contributed by atoms with Gasteiger partial charge in [-0.15, -0.1) is 0 Å². The van der Waals surface area contributed by atoms with Gasteiger partial charge in [-0.05, 0) is 58.7 Å². The normalized spacial score (nSPS) is 11.3. The van der Waals surface area contributed by atoms with Crippen LogP contribution in [0.25, 0.3) is 69.2 Å². The Bertz CT molecular complexity index is 1830. The first-order valence-electron chi connectivity index (χ1n) is 15.4. The van der Waals surface area contributed by atoms with Gasteiger partial charge >= 0.3 is 23.0 Å². The molecule has 0 aliphatic carbocycles. The second-order valence-corrected chi connectivity index (χ2v) is 11.0. The van der Waals surface area contributed by atoms with E-state index in [-0.39, 0.29) is 0 Å². The van der Waals surface area contributed by atoms with Crippen LogP contribution in [0.1, 0.15) is 22.6 Å².